The second-order valence-electron chi connectivity index (χ2n) is 7.61. The zero-order chi connectivity index (χ0) is 23.5. The summed E-state index contributed by atoms with van der Waals surface area (Å²) in [6.07, 6.45) is 1.84. The number of methoxy groups -OCH3 is 1. The number of nitrogens with zero attached hydrogens (tertiary/aromatic N) is 3. The number of benzene rings is 3. The summed E-state index contributed by atoms with van der Waals surface area (Å²) in [6, 6.07) is 17.9. The summed E-state index contributed by atoms with van der Waals surface area (Å²) in [7, 11) is 1.54. The average molecular weight is 506 g/mol. The Morgan fingerprint density at radius 2 is 1.79 bits per heavy atom. The molecule has 0 aliphatic rings. The van der Waals surface area contributed by atoms with Crippen molar-refractivity contribution in [3.63, 3.8) is 0 Å². The van der Waals surface area contributed by atoms with E-state index < -0.39 is 5.97 Å². The predicted octanol–water partition coefficient (Wildman–Crippen LogP) is 6.17. The fourth-order valence-corrected chi connectivity index (χ4v) is 4.27. The van der Waals surface area contributed by atoms with Crippen LogP contribution in [0.1, 0.15) is 28.4 Å². The van der Waals surface area contributed by atoms with Crippen LogP contribution in [0.15, 0.2) is 65.3 Å². The van der Waals surface area contributed by atoms with Crippen LogP contribution in [-0.4, -0.2) is 34.7 Å². The van der Waals surface area contributed by atoms with E-state index in [-0.39, 0.29) is 6.61 Å². The second-order valence-corrected chi connectivity index (χ2v) is 8.47. The number of carbonyl (C=O) groups excluding carboxylic acids is 1. The molecule has 0 atom stereocenters. The van der Waals surface area contributed by atoms with Gasteiger partial charge in [0.2, 0.25) is 0 Å². The minimum atomic E-state index is -0.439. The molecule has 33 heavy (non-hydrogen) atoms. The summed E-state index contributed by atoms with van der Waals surface area (Å²) in [4.78, 5) is 12.8. The lowest BCUT2D eigenvalue weighted by Gasteiger charge is -2.19. The van der Waals surface area contributed by atoms with E-state index in [1.54, 1.807) is 18.7 Å². The monoisotopic (exact) mass is 505 g/mol. The van der Waals surface area contributed by atoms with Crippen LogP contribution in [0.5, 0.6) is 5.75 Å². The third-order valence-corrected chi connectivity index (χ3v) is 6.06. The number of hydrogen-bond acceptors (Lipinski definition) is 5. The van der Waals surface area contributed by atoms with Crippen molar-refractivity contribution >= 4 is 21.9 Å². The van der Waals surface area contributed by atoms with Gasteiger partial charge in [-0.1, -0.05) is 69.2 Å². The number of esters is 1. The molecule has 0 radical (unpaired) electrons. The van der Waals surface area contributed by atoms with Crippen LogP contribution in [0.2, 0.25) is 0 Å². The Balaban J connectivity index is 1.99. The summed E-state index contributed by atoms with van der Waals surface area (Å²) in [5.41, 5.74) is 6.36. The van der Waals surface area contributed by atoms with Crippen LogP contribution >= 0.6 is 15.9 Å². The molecule has 7 heteroatoms. The minimum Gasteiger partial charge on any atom is -0.494 e. The fourth-order valence-electron chi connectivity index (χ4n) is 3.77. The predicted molar refractivity (Wildman–Crippen MR) is 132 cm³/mol. The lowest BCUT2D eigenvalue weighted by molar-refractivity contribution is 0.0522. The van der Waals surface area contributed by atoms with Gasteiger partial charge in [-0.05, 0) is 44.0 Å². The van der Waals surface area contributed by atoms with Crippen LogP contribution < -0.4 is 4.74 Å². The summed E-state index contributed by atoms with van der Waals surface area (Å²) < 4.78 is 13.7. The number of aryl methyl sites for hydroxylation is 2. The van der Waals surface area contributed by atoms with Gasteiger partial charge in [0.25, 0.3) is 0 Å². The number of ether oxygens (including phenoxy) is 2. The van der Waals surface area contributed by atoms with Gasteiger partial charge in [-0.15, -0.1) is 5.10 Å². The Labute approximate surface area is 201 Å². The number of rotatable bonds is 6. The highest BCUT2D eigenvalue weighted by molar-refractivity contribution is 9.10. The molecule has 0 spiro atoms. The van der Waals surface area contributed by atoms with Crippen LogP contribution in [-0.2, 0) is 4.74 Å². The first kappa shape index (κ1) is 22.7. The zero-order valence-electron chi connectivity index (χ0n) is 18.9. The van der Waals surface area contributed by atoms with Crippen molar-refractivity contribution in [3.05, 3.63) is 82.0 Å². The minimum absolute atomic E-state index is 0.268. The van der Waals surface area contributed by atoms with Gasteiger partial charge < -0.3 is 9.47 Å². The molecule has 6 nitrogen and oxygen atoms in total. The van der Waals surface area contributed by atoms with Gasteiger partial charge in [0.05, 0.1) is 19.9 Å². The first-order chi connectivity index (χ1) is 15.9. The molecule has 0 fully saturated rings. The number of hydrogen-bond donors (Lipinski definition) is 0. The molecule has 0 amide bonds. The molecule has 0 N–H and O–H groups in total. The van der Waals surface area contributed by atoms with Crippen molar-refractivity contribution in [2.75, 3.05) is 13.7 Å². The van der Waals surface area contributed by atoms with Crippen LogP contribution in [0.25, 0.3) is 28.1 Å². The molecule has 0 aliphatic heterocycles. The molecular formula is C26H24BrN3O3. The van der Waals surface area contributed by atoms with E-state index in [1.807, 2.05) is 74.6 Å². The Morgan fingerprint density at radius 3 is 2.45 bits per heavy atom. The third kappa shape index (κ3) is 4.41. The summed E-state index contributed by atoms with van der Waals surface area (Å²) >= 11 is 3.65. The van der Waals surface area contributed by atoms with Crippen molar-refractivity contribution in [1.82, 2.24) is 15.0 Å². The van der Waals surface area contributed by atoms with Crippen LogP contribution in [0.3, 0.4) is 0 Å². The van der Waals surface area contributed by atoms with E-state index >= 15 is 0 Å². The summed E-state index contributed by atoms with van der Waals surface area (Å²) in [5.74, 6) is -0.0507. The molecule has 0 saturated heterocycles. The van der Waals surface area contributed by atoms with Gasteiger partial charge in [-0.3, -0.25) is 0 Å². The molecule has 168 valence electrons. The van der Waals surface area contributed by atoms with E-state index in [0.717, 1.165) is 26.7 Å². The molecule has 0 bridgehead atoms. The zero-order valence-corrected chi connectivity index (χ0v) is 20.5. The van der Waals surface area contributed by atoms with E-state index in [4.69, 9.17) is 9.47 Å². The highest BCUT2D eigenvalue weighted by atomic mass is 79.9. The van der Waals surface area contributed by atoms with Crippen molar-refractivity contribution in [2.45, 2.75) is 20.8 Å². The molecule has 3 aromatic carbocycles. The SMILES string of the molecule is CCOC(=O)c1c(C)cc(-c2ccccc2Br)c(-n2cc(-c3ccc(C)cc3)nn2)c1OC. The van der Waals surface area contributed by atoms with Gasteiger partial charge in [0.1, 0.15) is 16.9 Å². The maximum Gasteiger partial charge on any atom is 0.342 e. The topological polar surface area (TPSA) is 66.2 Å². The van der Waals surface area contributed by atoms with Gasteiger partial charge in [0, 0.05) is 15.6 Å². The first-order valence-corrected chi connectivity index (χ1v) is 11.4. The van der Waals surface area contributed by atoms with Crippen molar-refractivity contribution < 1.29 is 14.3 Å². The molecular weight excluding hydrogens is 482 g/mol. The lowest BCUT2D eigenvalue weighted by atomic mass is 9.96. The van der Waals surface area contributed by atoms with Crippen molar-refractivity contribution in [1.29, 1.82) is 0 Å². The molecule has 1 heterocycles. The van der Waals surface area contributed by atoms with Crippen molar-refractivity contribution in [3.8, 4) is 33.8 Å². The quantitative estimate of drug-likeness (QED) is 0.293. The molecule has 0 saturated carbocycles. The Hall–Kier alpha value is -3.45. The Bertz CT molecular complexity index is 1310. The highest BCUT2D eigenvalue weighted by Gasteiger charge is 2.26. The molecule has 4 rings (SSSR count). The number of carbonyl (C=O) groups is 1. The normalized spacial score (nSPS) is 10.8. The number of halogens is 1. The van der Waals surface area contributed by atoms with Gasteiger partial charge in [0.15, 0.2) is 5.75 Å². The van der Waals surface area contributed by atoms with Crippen molar-refractivity contribution in [2.24, 2.45) is 0 Å². The third-order valence-electron chi connectivity index (χ3n) is 5.37. The second kappa shape index (κ2) is 9.58. The number of aromatic nitrogens is 3. The van der Waals surface area contributed by atoms with Crippen LogP contribution in [0, 0.1) is 13.8 Å². The first-order valence-electron chi connectivity index (χ1n) is 10.6. The Kier molecular flexibility index (Phi) is 6.60. The molecule has 0 unspecified atom stereocenters. The molecule has 0 aliphatic carbocycles. The van der Waals surface area contributed by atoms with Crippen LogP contribution in [0.4, 0.5) is 0 Å². The smallest absolute Gasteiger partial charge is 0.342 e. The average Bonchev–Trinajstić information content (AvgIpc) is 3.29. The molecule has 1 aromatic heterocycles. The Morgan fingerprint density at radius 1 is 1.06 bits per heavy atom. The van der Waals surface area contributed by atoms with E-state index in [1.165, 1.54) is 5.56 Å². The largest absolute Gasteiger partial charge is 0.494 e. The summed E-state index contributed by atoms with van der Waals surface area (Å²) in [5, 5.41) is 8.79. The van der Waals surface area contributed by atoms with Gasteiger partial charge in [-0.25, -0.2) is 9.48 Å². The van der Waals surface area contributed by atoms with E-state index in [2.05, 4.69) is 26.2 Å². The van der Waals surface area contributed by atoms with Gasteiger partial charge >= 0.3 is 5.97 Å². The van der Waals surface area contributed by atoms with Gasteiger partial charge in [-0.2, -0.15) is 0 Å². The standard InChI is InChI=1S/C26H24BrN3O3/c1-5-33-26(31)23-17(3)14-20(19-8-6-7-9-21(19)27)24(25(23)32-4)30-15-22(28-29-30)18-12-10-16(2)11-13-18/h6-15H,5H2,1-4H3. The maximum absolute atomic E-state index is 12.8. The maximum atomic E-state index is 12.8. The van der Waals surface area contributed by atoms with E-state index in [0.29, 0.717) is 22.7 Å². The van der Waals surface area contributed by atoms with E-state index in [9.17, 15) is 4.79 Å². The summed E-state index contributed by atoms with van der Waals surface area (Å²) in [6.45, 7) is 5.96. The lowest BCUT2D eigenvalue weighted by Crippen LogP contribution is -2.13. The molecule has 4 aromatic rings. The highest BCUT2D eigenvalue weighted by Crippen LogP contribution is 2.41. The fraction of sp³-hybridized carbons (Fsp3) is 0.192.